The second-order valence-corrected chi connectivity index (χ2v) is 10.1. The van der Waals surface area contributed by atoms with E-state index in [1.54, 1.807) is 11.4 Å². The Labute approximate surface area is 195 Å². The Morgan fingerprint density at radius 1 is 1.12 bits per heavy atom. The Kier molecular flexibility index (Phi) is 8.32. The molecule has 0 bridgehead atoms. The number of nitrogens with one attached hydrogen (secondary N) is 1. The summed E-state index contributed by atoms with van der Waals surface area (Å²) in [4.78, 5) is 14.7. The number of hydrogen-bond acceptors (Lipinski definition) is 6. The molecule has 0 fully saturated rings. The maximum Gasteiger partial charge on any atom is 0.373 e. The van der Waals surface area contributed by atoms with Gasteiger partial charge in [-0.05, 0) is 56.3 Å². The predicted octanol–water partition coefficient (Wildman–Crippen LogP) is 3.73. The zero-order valence-electron chi connectivity index (χ0n) is 19.8. The normalized spacial score (nSPS) is 14.2. The van der Waals surface area contributed by atoms with Gasteiger partial charge in [0.1, 0.15) is 11.8 Å². The first-order valence-electron chi connectivity index (χ1n) is 10.7. The van der Waals surface area contributed by atoms with Crippen LogP contribution in [0.1, 0.15) is 11.1 Å². The number of hydrogen-bond donors (Lipinski definition) is 1. The molecule has 0 aliphatic heterocycles. The Balaban J connectivity index is 2.03. The van der Waals surface area contributed by atoms with Crippen LogP contribution >= 0.6 is 7.67 Å². The topological polar surface area (TPSA) is 82.0 Å². The van der Waals surface area contributed by atoms with E-state index in [0.717, 1.165) is 35.0 Å². The van der Waals surface area contributed by atoms with Gasteiger partial charge in [0, 0.05) is 25.2 Å². The zero-order valence-corrected chi connectivity index (χ0v) is 20.7. The molecule has 2 unspecified atom stereocenters. The van der Waals surface area contributed by atoms with Crippen molar-refractivity contribution < 1.29 is 23.4 Å². The molecule has 0 amide bonds. The molecule has 1 N–H and O–H groups in total. The third-order valence-corrected chi connectivity index (χ3v) is 7.55. The van der Waals surface area contributed by atoms with Crippen LogP contribution in [0.15, 0.2) is 54.7 Å². The summed E-state index contributed by atoms with van der Waals surface area (Å²) in [5, 5.41) is 3.90. The van der Waals surface area contributed by atoms with Gasteiger partial charge >= 0.3 is 13.6 Å². The van der Waals surface area contributed by atoms with Crippen molar-refractivity contribution in [3.05, 3.63) is 65.9 Å². The number of aromatic nitrogens is 1. The molecule has 0 aliphatic rings. The third kappa shape index (κ3) is 5.84. The lowest BCUT2D eigenvalue weighted by atomic mass is 10.1. The van der Waals surface area contributed by atoms with Crippen LogP contribution in [-0.2, 0) is 31.5 Å². The minimum Gasteiger partial charge on any atom is -0.497 e. The van der Waals surface area contributed by atoms with Gasteiger partial charge in [0.05, 0.1) is 19.7 Å². The van der Waals surface area contributed by atoms with E-state index in [2.05, 4.69) is 9.99 Å². The van der Waals surface area contributed by atoms with Crippen molar-refractivity contribution in [3.8, 4) is 5.75 Å². The van der Waals surface area contributed by atoms with Gasteiger partial charge < -0.3 is 18.9 Å². The summed E-state index contributed by atoms with van der Waals surface area (Å²) in [6.45, 7) is 0.819. The number of nitrogens with zero attached hydrogens (tertiary/aromatic N) is 2. The average molecular weight is 474 g/mol. The second kappa shape index (κ2) is 11.0. The Morgan fingerprint density at radius 3 is 2.45 bits per heavy atom. The molecule has 0 saturated carbocycles. The van der Waals surface area contributed by atoms with Gasteiger partial charge in [-0.3, -0.25) is 9.13 Å². The van der Waals surface area contributed by atoms with E-state index >= 15 is 0 Å². The summed E-state index contributed by atoms with van der Waals surface area (Å²) in [5.41, 5.74) is 2.65. The van der Waals surface area contributed by atoms with E-state index in [1.165, 1.54) is 14.2 Å². The molecule has 178 valence electrons. The quantitative estimate of drug-likeness (QED) is 0.336. The van der Waals surface area contributed by atoms with Crippen LogP contribution < -0.4 is 9.82 Å². The largest absolute Gasteiger partial charge is 0.497 e. The summed E-state index contributed by atoms with van der Waals surface area (Å²) in [7, 11) is 4.62. The number of likely N-dealkylation sites (N-methyl/N-ethyl adjacent to an activating group) is 1. The first-order chi connectivity index (χ1) is 15.8. The summed E-state index contributed by atoms with van der Waals surface area (Å²) < 4.78 is 31.7. The van der Waals surface area contributed by atoms with Crippen LogP contribution in [0.25, 0.3) is 10.9 Å². The minimum absolute atomic E-state index is 0.307. The fourth-order valence-corrected chi connectivity index (χ4v) is 5.47. The highest BCUT2D eigenvalue weighted by molar-refractivity contribution is 7.55. The number of benzene rings is 2. The molecule has 8 nitrogen and oxygen atoms in total. The lowest BCUT2D eigenvalue weighted by molar-refractivity contribution is -0.142. The lowest BCUT2D eigenvalue weighted by Gasteiger charge is -2.24. The van der Waals surface area contributed by atoms with Gasteiger partial charge in [0.15, 0.2) is 0 Å². The minimum atomic E-state index is -3.70. The van der Waals surface area contributed by atoms with Gasteiger partial charge in [-0.25, -0.2) is 9.65 Å². The Hall–Kier alpha value is -2.64. The summed E-state index contributed by atoms with van der Waals surface area (Å²) in [5.74, 6) is 0.199. The third-order valence-electron chi connectivity index (χ3n) is 5.52. The van der Waals surface area contributed by atoms with Crippen LogP contribution in [-0.4, -0.2) is 63.2 Å². The number of ether oxygens (including phenoxy) is 2. The molecule has 1 heterocycles. The first kappa shape index (κ1) is 25.0. The highest BCUT2D eigenvalue weighted by atomic mass is 31.2. The molecule has 0 aliphatic carbocycles. The van der Waals surface area contributed by atoms with E-state index < -0.39 is 19.7 Å². The fraction of sp³-hybridized carbons (Fsp3) is 0.375. The zero-order chi connectivity index (χ0) is 24.0. The van der Waals surface area contributed by atoms with Crippen molar-refractivity contribution in [1.29, 1.82) is 0 Å². The van der Waals surface area contributed by atoms with E-state index in [1.807, 2.05) is 68.8 Å². The second-order valence-electron chi connectivity index (χ2n) is 8.03. The SMILES string of the molecule is COC(=O)C(Cc1ccccc1)NP(=O)(OC)n1cc(CCN(C)C)c2cc(OC)ccc21. The van der Waals surface area contributed by atoms with E-state index in [9.17, 15) is 9.36 Å². The van der Waals surface area contributed by atoms with E-state index in [4.69, 9.17) is 14.0 Å². The van der Waals surface area contributed by atoms with Crippen LogP contribution in [0.5, 0.6) is 5.75 Å². The number of carbonyl (C=O) groups excluding carboxylic acids is 1. The molecule has 3 aromatic rings. The summed E-state index contributed by atoms with van der Waals surface area (Å²) >= 11 is 0. The van der Waals surface area contributed by atoms with Crippen molar-refractivity contribution in [2.45, 2.75) is 18.9 Å². The average Bonchev–Trinajstić information content (AvgIpc) is 3.20. The van der Waals surface area contributed by atoms with Crippen molar-refractivity contribution in [3.63, 3.8) is 0 Å². The van der Waals surface area contributed by atoms with Crippen molar-refractivity contribution in [1.82, 2.24) is 14.3 Å². The summed E-state index contributed by atoms with van der Waals surface area (Å²) in [6, 6.07) is 14.2. The maximum absolute atomic E-state index is 14.1. The lowest BCUT2D eigenvalue weighted by Crippen LogP contribution is -2.39. The fourth-order valence-electron chi connectivity index (χ4n) is 3.72. The van der Waals surface area contributed by atoms with Crippen LogP contribution in [0.2, 0.25) is 0 Å². The summed E-state index contributed by atoms with van der Waals surface area (Å²) in [6.07, 6.45) is 2.89. The molecule has 2 atom stereocenters. The highest BCUT2D eigenvalue weighted by Crippen LogP contribution is 2.48. The molecular weight excluding hydrogens is 441 g/mol. The molecule has 3 rings (SSSR count). The van der Waals surface area contributed by atoms with Crippen molar-refractivity contribution >= 4 is 24.5 Å². The Bertz CT molecular complexity index is 1130. The van der Waals surface area contributed by atoms with Gasteiger partial charge in [-0.1, -0.05) is 30.3 Å². The molecule has 1 aromatic heterocycles. The van der Waals surface area contributed by atoms with Gasteiger partial charge in [-0.15, -0.1) is 0 Å². The molecule has 0 spiro atoms. The molecular formula is C24H32N3O5P. The number of esters is 1. The number of rotatable bonds is 11. The van der Waals surface area contributed by atoms with Crippen LogP contribution in [0.3, 0.4) is 0 Å². The highest BCUT2D eigenvalue weighted by Gasteiger charge is 2.34. The number of methoxy groups -OCH3 is 2. The Morgan fingerprint density at radius 2 is 1.85 bits per heavy atom. The molecule has 0 saturated heterocycles. The first-order valence-corrected chi connectivity index (χ1v) is 12.3. The van der Waals surface area contributed by atoms with Crippen LogP contribution in [0.4, 0.5) is 0 Å². The predicted molar refractivity (Wildman–Crippen MR) is 130 cm³/mol. The van der Waals surface area contributed by atoms with Crippen molar-refractivity contribution in [2.24, 2.45) is 0 Å². The molecule has 33 heavy (non-hydrogen) atoms. The monoisotopic (exact) mass is 473 g/mol. The van der Waals surface area contributed by atoms with Gasteiger partial charge in [0.25, 0.3) is 0 Å². The standard InChI is InChI=1S/C24H32N3O5P/c1-26(2)14-13-19-17-27(23-12-11-20(30-3)16-21(19)23)33(29,32-5)25-22(24(28)31-4)15-18-9-7-6-8-10-18/h6-12,16-17,22H,13-15H2,1-5H3,(H,25,29). The number of fused-ring (bicyclic) bond motifs is 1. The van der Waals surface area contributed by atoms with Crippen LogP contribution in [0, 0.1) is 0 Å². The maximum atomic E-state index is 14.1. The van der Waals surface area contributed by atoms with E-state index in [0.29, 0.717) is 12.2 Å². The van der Waals surface area contributed by atoms with E-state index in [-0.39, 0.29) is 0 Å². The van der Waals surface area contributed by atoms with Gasteiger partial charge in [-0.2, -0.15) is 0 Å². The molecule has 9 heteroatoms. The van der Waals surface area contributed by atoms with Crippen molar-refractivity contribution in [2.75, 3.05) is 42.0 Å². The smallest absolute Gasteiger partial charge is 0.373 e. The molecule has 2 aromatic carbocycles. The number of carbonyl (C=O) groups is 1. The molecule has 0 radical (unpaired) electrons. The van der Waals surface area contributed by atoms with Gasteiger partial charge in [0.2, 0.25) is 0 Å².